The number of halogens is 1. The van der Waals surface area contributed by atoms with Gasteiger partial charge in [-0.2, -0.15) is 5.26 Å². The van der Waals surface area contributed by atoms with E-state index in [1.807, 2.05) is 48.5 Å². The van der Waals surface area contributed by atoms with Gasteiger partial charge in [-0.15, -0.1) is 0 Å². The topological polar surface area (TPSA) is 52.9 Å². The molecule has 116 valence electrons. The highest BCUT2D eigenvalue weighted by Gasteiger charge is 2.45. The third-order valence-corrected chi connectivity index (χ3v) is 5.06. The second kappa shape index (κ2) is 6.55. The van der Waals surface area contributed by atoms with Crippen molar-refractivity contribution in [3.63, 3.8) is 0 Å². The smallest absolute Gasteiger partial charge is 0.235 e. The van der Waals surface area contributed by atoms with Gasteiger partial charge >= 0.3 is 0 Å². The molecule has 3 rings (SSSR count). The van der Waals surface area contributed by atoms with Crippen LogP contribution in [0.5, 0.6) is 0 Å². The quantitative estimate of drug-likeness (QED) is 0.858. The second-order valence-corrected chi connectivity index (χ2v) is 6.84. The van der Waals surface area contributed by atoms with Crippen molar-refractivity contribution in [1.82, 2.24) is 0 Å². The molecule has 1 N–H and O–H groups in total. The molecule has 0 unspecified atom stereocenters. The van der Waals surface area contributed by atoms with Crippen LogP contribution < -0.4 is 5.32 Å². The van der Waals surface area contributed by atoms with Gasteiger partial charge in [-0.1, -0.05) is 46.6 Å². The molecule has 1 amide bonds. The van der Waals surface area contributed by atoms with Crippen LogP contribution in [0.2, 0.25) is 0 Å². The number of carbonyl (C=O) groups excluding carboxylic acids is 1. The summed E-state index contributed by atoms with van der Waals surface area (Å²) in [6, 6.07) is 17.6. The molecule has 0 atom stereocenters. The summed E-state index contributed by atoms with van der Waals surface area (Å²) in [6.07, 6.45) is 3.22. The molecule has 1 saturated carbocycles. The van der Waals surface area contributed by atoms with E-state index >= 15 is 0 Å². The molecule has 0 spiro atoms. The summed E-state index contributed by atoms with van der Waals surface area (Å²) in [4.78, 5) is 12.8. The third kappa shape index (κ3) is 3.16. The minimum Gasteiger partial charge on any atom is -0.325 e. The van der Waals surface area contributed by atoms with Crippen molar-refractivity contribution in [2.45, 2.75) is 31.1 Å². The Morgan fingerprint density at radius 3 is 2.30 bits per heavy atom. The molecule has 2 aromatic carbocycles. The molecule has 1 aliphatic rings. The molecule has 2 aromatic rings. The molecule has 0 bridgehead atoms. The molecular formula is C19H17BrN2O. The summed E-state index contributed by atoms with van der Waals surface area (Å²) >= 11 is 3.44. The van der Waals surface area contributed by atoms with Crippen molar-refractivity contribution >= 4 is 27.5 Å². The lowest BCUT2D eigenvalue weighted by Crippen LogP contribution is -2.45. The Balaban J connectivity index is 1.78. The standard InChI is InChI=1S/C19H17BrN2O/c20-16-6-4-15(5-7-16)19(11-1-12-19)18(23)22-17-8-2-14(3-9-17)10-13-21/h2-9H,1,10-12H2,(H,22,23). The van der Waals surface area contributed by atoms with E-state index < -0.39 is 5.41 Å². The number of rotatable bonds is 4. The van der Waals surface area contributed by atoms with Crippen molar-refractivity contribution in [3.8, 4) is 6.07 Å². The van der Waals surface area contributed by atoms with Crippen LogP contribution >= 0.6 is 15.9 Å². The summed E-state index contributed by atoms with van der Waals surface area (Å²) in [5, 5.41) is 11.7. The number of nitrogens with zero attached hydrogens (tertiary/aromatic N) is 1. The first-order valence-electron chi connectivity index (χ1n) is 7.67. The Kier molecular flexibility index (Phi) is 4.49. The van der Waals surface area contributed by atoms with Gasteiger partial charge in [0.2, 0.25) is 5.91 Å². The monoisotopic (exact) mass is 368 g/mol. The zero-order chi connectivity index (χ0) is 16.3. The van der Waals surface area contributed by atoms with Crippen molar-refractivity contribution in [2.24, 2.45) is 0 Å². The van der Waals surface area contributed by atoms with Crippen LogP contribution in [0, 0.1) is 11.3 Å². The normalized spacial score (nSPS) is 15.3. The Bertz CT molecular complexity index is 740. The van der Waals surface area contributed by atoms with Gasteiger partial charge in [0.15, 0.2) is 0 Å². The number of nitriles is 1. The van der Waals surface area contributed by atoms with Crippen molar-refractivity contribution < 1.29 is 4.79 Å². The van der Waals surface area contributed by atoms with E-state index in [1.54, 1.807) is 0 Å². The SMILES string of the molecule is N#CCc1ccc(NC(=O)C2(c3ccc(Br)cc3)CCC2)cc1. The number of anilines is 1. The summed E-state index contributed by atoms with van der Waals surface area (Å²) in [5.41, 5.74) is 2.40. The van der Waals surface area contributed by atoms with E-state index in [1.165, 1.54) is 0 Å². The maximum Gasteiger partial charge on any atom is 0.235 e. The average Bonchev–Trinajstić information content (AvgIpc) is 2.50. The maximum absolute atomic E-state index is 12.8. The highest BCUT2D eigenvalue weighted by molar-refractivity contribution is 9.10. The maximum atomic E-state index is 12.8. The molecule has 23 heavy (non-hydrogen) atoms. The van der Waals surface area contributed by atoms with Crippen LogP contribution in [0.3, 0.4) is 0 Å². The van der Waals surface area contributed by atoms with Crippen LogP contribution in [-0.4, -0.2) is 5.91 Å². The first-order valence-corrected chi connectivity index (χ1v) is 8.47. The number of amides is 1. The van der Waals surface area contributed by atoms with Crippen molar-refractivity contribution in [1.29, 1.82) is 5.26 Å². The Morgan fingerprint density at radius 2 is 1.78 bits per heavy atom. The van der Waals surface area contributed by atoms with E-state index in [4.69, 9.17) is 5.26 Å². The molecule has 3 nitrogen and oxygen atoms in total. The van der Waals surface area contributed by atoms with Gasteiger partial charge in [0.05, 0.1) is 17.9 Å². The minimum atomic E-state index is -0.411. The number of hydrogen-bond donors (Lipinski definition) is 1. The van der Waals surface area contributed by atoms with Gasteiger partial charge in [0.25, 0.3) is 0 Å². The lowest BCUT2D eigenvalue weighted by molar-refractivity contribution is -0.124. The Hall–Kier alpha value is -2.12. The fraction of sp³-hybridized carbons (Fsp3) is 0.263. The number of carbonyl (C=O) groups is 1. The summed E-state index contributed by atoms with van der Waals surface area (Å²) in [7, 11) is 0. The first kappa shape index (κ1) is 15.8. The zero-order valence-corrected chi connectivity index (χ0v) is 14.3. The van der Waals surface area contributed by atoms with Gasteiger partial charge in [-0.05, 0) is 48.2 Å². The van der Waals surface area contributed by atoms with E-state index in [-0.39, 0.29) is 5.91 Å². The van der Waals surface area contributed by atoms with Gasteiger partial charge in [-0.25, -0.2) is 0 Å². The minimum absolute atomic E-state index is 0.0547. The van der Waals surface area contributed by atoms with E-state index in [0.717, 1.165) is 40.5 Å². The lowest BCUT2D eigenvalue weighted by atomic mass is 9.64. The van der Waals surface area contributed by atoms with Crippen LogP contribution in [0.1, 0.15) is 30.4 Å². The lowest BCUT2D eigenvalue weighted by Gasteiger charge is -2.40. The molecule has 1 fully saturated rings. The Labute approximate surface area is 144 Å². The molecule has 0 aromatic heterocycles. The van der Waals surface area contributed by atoms with Gasteiger partial charge in [0.1, 0.15) is 0 Å². The van der Waals surface area contributed by atoms with Crippen LogP contribution in [0.4, 0.5) is 5.69 Å². The highest BCUT2D eigenvalue weighted by atomic mass is 79.9. The zero-order valence-electron chi connectivity index (χ0n) is 12.7. The van der Waals surface area contributed by atoms with Crippen LogP contribution in [-0.2, 0) is 16.6 Å². The second-order valence-electron chi connectivity index (χ2n) is 5.93. The molecule has 0 aliphatic heterocycles. The van der Waals surface area contributed by atoms with E-state index in [0.29, 0.717) is 6.42 Å². The number of nitrogens with one attached hydrogen (secondary N) is 1. The summed E-state index contributed by atoms with van der Waals surface area (Å²) in [6.45, 7) is 0. The first-order chi connectivity index (χ1) is 11.1. The van der Waals surface area contributed by atoms with E-state index in [9.17, 15) is 4.79 Å². The average molecular weight is 369 g/mol. The number of hydrogen-bond acceptors (Lipinski definition) is 2. The molecule has 0 saturated heterocycles. The van der Waals surface area contributed by atoms with Crippen molar-refractivity contribution in [2.75, 3.05) is 5.32 Å². The molecule has 0 heterocycles. The molecular weight excluding hydrogens is 352 g/mol. The molecule has 0 radical (unpaired) electrons. The van der Waals surface area contributed by atoms with Gasteiger partial charge in [-0.3, -0.25) is 4.79 Å². The van der Waals surface area contributed by atoms with Crippen molar-refractivity contribution in [3.05, 3.63) is 64.1 Å². The highest BCUT2D eigenvalue weighted by Crippen LogP contribution is 2.44. The summed E-state index contributed by atoms with van der Waals surface area (Å²) in [5.74, 6) is 0.0547. The predicted octanol–water partition coefficient (Wildman–Crippen LogP) is 4.58. The predicted molar refractivity (Wildman–Crippen MR) is 94.1 cm³/mol. The van der Waals surface area contributed by atoms with Gasteiger partial charge in [0, 0.05) is 10.2 Å². The fourth-order valence-electron chi connectivity index (χ4n) is 2.99. The Morgan fingerprint density at radius 1 is 1.13 bits per heavy atom. The third-order valence-electron chi connectivity index (χ3n) is 4.53. The number of benzene rings is 2. The van der Waals surface area contributed by atoms with E-state index in [2.05, 4.69) is 27.3 Å². The van der Waals surface area contributed by atoms with Crippen LogP contribution in [0.25, 0.3) is 0 Å². The van der Waals surface area contributed by atoms with Gasteiger partial charge < -0.3 is 5.32 Å². The fourth-order valence-corrected chi connectivity index (χ4v) is 3.26. The van der Waals surface area contributed by atoms with Crippen LogP contribution in [0.15, 0.2) is 53.0 Å². The molecule has 4 heteroatoms. The summed E-state index contributed by atoms with van der Waals surface area (Å²) < 4.78 is 1.02. The largest absolute Gasteiger partial charge is 0.325 e. The molecule has 1 aliphatic carbocycles.